The summed E-state index contributed by atoms with van der Waals surface area (Å²) in [4.78, 5) is 16.4. The number of amides is 1. The molecular weight excluding hydrogens is 364 g/mol. The minimum atomic E-state index is -0.0426. The van der Waals surface area contributed by atoms with Crippen LogP contribution in [0.3, 0.4) is 0 Å². The van der Waals surface area contributed by atoms with Crippen LogP contribution in [-0.2, 0) is 13.1 Å². The molecule has 2 aromatic rings. The molecule has 6 nitrogen and oxygen atoms in total. The molecule has 0 spiro atoms. The van der Waals surface area contributed by atoms with Crippen LogP contribution in [0, 0.1) is 6.92 Å². The van der Waals surface area contributed by atoms with Crippen LogP contribution in [0.25, 0.3) is 0 Å². The molecule has 3 N–H and O–H groups in total. The fraction of sp³-hybridized carbons (Fsp3) is 0.391. The molecular formula is C23H32N4O2. The number of nitrogens with zero attached hydrogens (tertiary/aromatic N) is 1. The molecule has 156 valence electrons. The maximum absolute atomic E-state index is 12.1. The highest BCUT2D eigenvalue weighted by atomic mass is 16.5. The van der Waals surface area contributed by atoms with Gasteiger partial charge in [0, 0.05) is 37.8 Å². The fourth-order valence-electron chi connectivity index (χ4n) is 2.85. The molecule has 0 aliphatic heterocycles. The predicted octanol–water partition coefficient (Wildman–Crippen LogP) is 3.40. The Morgan fingerprint density at radius 3 is 2.55 bits per heavy atom. The normalized spacial score (nSPS) is 11.1. The smallest absolute Gasteiger partial charge is 0.251 e. The van der Waals surface area contributed by atoms with Crippen LogP contribution in [0.15, 0.2) is 47.5 Å². The summed E-state index contributed by atoms with van der Waals surface area (Å²) in [7, 11) is 1.74. The van der Waals surface area contributed by atoms with Gasteiger partial charge in [-0.05, 0) is 49.6 Å². The Bertz CT molecular complexity index is 833. The Balaban J connectivity index is 1.94. The Kier molecular flexibility index (Phi) is 9.02. The number of benzene rings is 2. The molecule has 0 heterocycles. The number of aryl methyl sites for hydroxylation is 1. The number of carbonyl (C=O) groups excluding carboxylic acids is 1. The van der Waals surface area contributed by atoms with E-state index in [0.29, 0.717) is 37.8 Å². The summed E-state index contributed by atoms with van der Waals surface area (Å²) in [5.74, 6) is 1.54. The van der Waals surface area contributed by atoms with Gasteiger partial charge in [-0.25, -0.2) is 0 Å². The first-order valence-electron chi connectivity index (χ1n) is 10.1. The monoisotopic (exact) mass is 396 g/mol. The number of hydrogen-bond donors (Lipinski definition) is 3. The Morgan fingerprint density at radius 2 is 1.83 bits per heavy atom. The summed E-state index contributed by atoms with van der Waals surface area (Å²) in [5, 5.41) is 9.52. The molecule has 0 saturated carbocycles. The Morgan fingerprint density at radius 1 is 1.03 bits per heavy atom. The van der Waals surface area contributed by atoms with Crippen molar-refractivity contribution in [1.82, 2.24) is 16.0 Å². The molecule has 2 aromatic carbocycles. The second kappa shape index (κ2) is 11.7. The predicted molar refractivity (Wildman–Crippen MR) is 118 cm³/mol. The van der Waals surface area contributed by atoms with Gasteiger partial charge in [0.05, 0.1) is 6.61 Å². The summed E-state index contributed by atoms with van der Waals surface area (Å²) in [5.41, 5.74) is 3.93. The van der Waals surface area contributed by atoms with Gasteiger partial charge >= 0.3 is 0 Å². The van der Waals surface area contributed by atoms with Crippen LogP contribution in [0.5, 0.6) is 5.75 Å². The van der Waals surface area contributed by atoms with Gasteiger partial charge in [0.1, 0.15) is 5.75 Å². The number of aliphatic imine (C=N–C) groups is 1. The van der Waals surface area contributed by atoms with Crippen molar-refractivity contribution in [3.8, 4) is 5.75 Å². The maximum atomic E-state index is 12.1. The topological polar surface area (TPSA) is 74.8 Å². The highest BCUT2D eigenvalue weighted by molar-refractivity contribution is 5.94. The minimum Gasteiger partial charge on any atom is -0.494 e. The van der Waals surface area contributed by atoms with Crippen LogP contribution >= 0.6 is 0 Å². The van der Waals surface area contributed by atoms with E-state index in [1.54, 1.807) is 7.05 Å². The molecule has 2 rings (SSSR count). The zero-order valence-electron chi connectivity index (χ0n) is 17.8. The molecule has 0 aliphatic rings. The third-order valence-electron chi connectivity index (χ3n) is 4.38. The Hall–Kier alpha value is -3.02. The molecule has 6 heteroatoms. The van der Waals surface area contributed by atoms with Crippen molar-refractivity contribution in [3.63, 3.8) is 0 Å². The first kappa shape index (κ1) is 22.3. The van der Waals surface area contributed by atoms with E-state index in [1.165, 1.54) is 5.56 Å². The molecule has 0 fully saturated rings. The van der Waals surface area contributed by atoms with E-state index in [0.717, 1.165) is 23.3 Å². The number of rotatable bonds is 9. The number of nitrogens with one attached hydrogen (secondary N) is 3. The minimum absolute atomic E-state index is 0.0426. The molecule has 0 radical (unpaired) electrons. The van der Waals surface area contributed by atoms with E-state index >= 15 is 0 Å². The largest absolute Gasteiger partial charge is 0.494 e. The summed E-state index contributed by atoms with van der Waals surface area (Å²) in [6, 6.07) is 13.8. The van der Waals surface area contributed by atoms with Crippen LogP contribution in [-0.4, -0.2) is 32.1 Å². The van der Waals surface area contributed by atoms with Crippen LogP contribution < -0.4 is 20.7 Å². The van der Waals surface area contributed by atoms with Gasteiger partial charge in [-0.1, -0.05) is 31.2 Å². The summed E-state index contributed by atoms with van der Waals surface area (Å²) in [6.45, 7) is 8.56. The van der Waals surface area contributed by atoms with Gasteiger partial charge in [-0.2, -0.15) is 0 Å². The molecule has 0 saturated heterocycles. The zero-order chi connectivity index (χ0) is 21.1. The standard InChI is InChI=1S/C23H32N4O2/c1-5-12-25-22(28)19-9-7-8-18(14-19)15-26-23(24-4)27-16-20-11-10-17(3)13-21(20)29-6-2/h7-11,13-14H,5-6,12,15-16H2,1-4H3,(H,25,28)(H2,24,26,27). The SMILES string of the molecule is CCCNC(=O)c1cccc(CNC(=NC)NCc2ccc(C)cc2OCC)c1. The van der Waals surface area contributed by atoms with Crippen LogP contribution in [0.2, 0.25) is 0 Å². The molecule has 0 aliphatic carbocycles. The van der Waals surface area contributed by atoms with Crippen molar-refractivity contribution in [2.24, 2.45) is 4.99 Å². The molecule has 0 unspecified atom stereocenters. The van der Waals surface area contributed by atoms with E-state index in [-0.39, 0.29) is 5.91 Å². The highest BCUT2D eigenvalue weighted by Gasteiger charge is 2.07. The van der Waals surface area contributed by atoms with E-state index in [1.807, 2.05) is 44.2 Å². The quantitative estimate of drug-likeness (QED) is 0.449. The lowest BCUT2D eigenvalue weighted by Crippen LogP contribution is -2.36. The molecule has 0 bridgehead atoms. The van der Waals surface area contributed by atoms with E-state index in [4.69, 9.17) is 4.74 Å². The third-order valence-corrected chi connectivity index (χ3v) is 4.38. The lowest BCUT2D eigenvalue weighted by molar-refractivity contribution is 0.0953. The average molecular weight is 397 g/mol. The van der Waals surface area contributed by atoms with Gasteiger partial charge in [-0.15, -0.1) is 0 Å². The van der Waals surface area contributed by atoms with Crippen molar-refractivity contribution in [3.05, 3.63) is 64.7 Å². The average Bonchev–Trinajstić information content (AvgIpc) is 2.73. The number of hydrogen-bond acceptors (Lipinski definition) is 3. The maximum Gasteiger partial charge on any atom is 0.251 e. The van der Waals surface area contributed by atoms with Gasteiger partial charge in [-0.3, -0.25) is 9.79 Å². The van der Waals surface area contributed by atoms with Crippen LogP contribution in [0.4, 0.5) is 0 Å². The number of guanidine groups is 1. The highest BCUT2D eigenvalue weighted by Crippen LogP contribution is 2.20. The van der Waals surface area contributed by atoms with Gasteiger partial charge < -0.3 is 20.7 Å². The number of ether oxygens (including phenoxy) is 1. The van der Waals surface area contributed by atoms with E-state index in [9.17, 15) is 4.79 Å². The van der Waals surface area contributed by atoms with Gasteiger partial charge in [0.2, 0.25) is 0 Å². The Labute approximate surface area is 173 Å². The summed E-state index contributed by atoms with van der Waals surface area (Å²) < 4.78 is 5.74. The van der Waals surface area contributed by atoms with Gasteiger partial charge in [0.25, 0.3) is 5.91 Å². The summed E-state index contributed by atoms with van der Waals surface area (Å²) >= 11 is 0. The first-order valence-corrected chi connectivity index (χ1v) is 10.1. The lowest BCUT2D eigenvalue weighted by atomic mass is 10.1. The van der Waals surface area contributed by atoms with E-state index in [2.05, 4.69) is 40.0 Å². The van der Waals surface area contributed by atoms with Gasteiger partial charge in [0.15, 0.2) is 5.96 Å². The zero-order valence-corrected chi connectivity index (χ0v) is 17.8. The summed E-state index contributed by atoms with van der Waals surface area (Å²) in [6.07, 6.45) is 0.918. The van der Waals surface area contributed by atoms with Crippen molar-refractivity contribution < 1.29 is 9.53 Å². The molecule has 0 atom stereocenters. The molecule has 1 amide bonds. The first-order chi connectivity index (χ1) is 14.1. The lowest BCUT2D eigenvalue weighted by Gasteiger charge is -2.15. The molecule has 29 heavy (non-hydrogen) atoms. The van der Waals surface area contributed by atoms with E-state index < -0.39 is 0 Å². The second-order valence-electron chi connectivity index (χ2n) is 6.78. The van der Waals surface area contributed by atoms with Crippen molar-refractivity contribution in [1.29, 1.82) is 0 Å². The second-order valence-corrected chi connectivity index (χ2v) is 6.78. The molecule has 0 aromatic heterocycles. The van der Waals surface area contributed by atoms with Crippen molar-refractivity contribution >= 4 is 11.9 Å². The third kappa shape index (κ3) is 7.14. The van der Waals surface area contributed by atoms with Crippen molar-refractivity contribution in [2.75, 3.05) is 20.2 Å². The van der Waals surface area contributed by atoms with Crippen LogP contribution in [0.1, 0.15) is 47.3 Å². The number of carbonyl (C=O) groups is 1. The van der Waals surface area contributed by atoms with Crippen molar-refractivity contribution in [2.45, 2.75) is 40.3 Å². The fourth-order valence-corrected chi connectivity index (χ4v) is 2.85.